The van der Waals surface area contributed by atoms with Gasteiger partial charge in [-0.05, 0) is 20.0 Å². The van der Waals surface area contributed by atoms with Gasteiger partial charge in [-0.2, -0.15) is 5.10 Å². The zero-order valence-electron chi connectivity index (χ0n) is 11.3. The molecule has 4 nitrogen and oxygen atoms in total. The van der Waals surface area contributed by atoms with Crippen molar-refractivity contribution in [3.63, 3.8) is 0 Å². The van der Waals surface area contributed by atoms with Gasteiger partial charge in [0.25, 0.3) is 0 Å². The summed E-state index contributed by atoms with van der Waals surface area (Å²) in [5.74, 6) is 0.889. The number of benzene rings is 1. The van der Waals surface area contributed by atoms with Gasteiger partial charge in [0, 0.05) is 23.9 Å². The lowest BCUT2D eigenvalue weighted by molar-refractivity contribution is 0.405. The summed E-state index contributed by atoms with van der Waals surface area (Å²) in [4.78, 5) is 0. The highest BCUT2D eigenvalue weighted by atomic mass is 16.5. The van der Waals surface area contributed by atoms with Gasteiger partial charge in [0.05, 0.1) is 19.3 Å². The van der Waals surface area contributed by atoms with E-state index in [0.29, 0.717) is 0 Å². The first-order chi connectivity index (χ1) is 8.69. The molecule has 1 atom stereocenters. The second kappa shape index (κ2) is 5.23. The van der Waals surface area contributed by atoms with Crippen LogP contribution in [0.4, 0.5) is 0 Å². The molecule has 0 aliphatic carbocycles. The van der Waals surface area contributed by atoms with E-state index in [4.69, 9.17) is 4.74 Å². The summed E-state index contributed by atoms with van der Waals surface area (Å²) in [5, 5.41) is 7.63. The van der Waals surface area contributed by atoms with Crippen LogP contribution in [0.5, 0.6) is 5.75 Å². The number of nitrogens with zero attached hydrogens (tertiary/aromatic N) is 2. The number of nitrogens with one attached hydrogen (secondary N) is 1. The van der Waals surface area contributed by atoms with Gasteiger partial charge in [0.1, 0.15) is 5.75 Å². The van der Waals surface area contributed by atoms with Gasteiger partial charge in [-0.1, -0.05) is 18.2 Å². The summed E-state index contributed by atoms with van der Waals surface area (Å²) >= 11 is 0. The molecule has 1 heterocycles. The Morgan fingerprint density at radius 3 is 2.56 bits per heavy atom. The maximum absolute atomic E-state index is 5.43. The number of hydrogen-bond donors (Lipinski definition) is 1. The fraction of sp³-hybridized carbons (Fsp3) is 0.357. The van der Waals surface area contributed by atoms with Crippen molar-refractivity contribution >= 4 is 0 Å². The summed E-state index contributed by atoms with van der Waals surface area (Å²) in [6, 6.07) is 8.14. The molecule has 4 heteroatoms. The summed E-state index contributed by atoms with van der Waals surface area (Å²) in [6.45, 7) is 2.07. The Kier molecular flexibility index (Phi) is 3.67. The quantitative estimate of drug-likeness (QED) is 0.896. The number of aryl methyl sites for hydroxylation is 1. The second-order valence-electron chi connectivity index (χ2n) is 4.27. The highest BCUT2D eigenvalue weighted by Crippen LogP contribution is 2.30. The summed E-state index contributed by atoms with van der Waals surface area (Å²) in [6.07, 6.45) is 1.91. The Labute approximate surface area is 108 Å². The monoisotopic (exact) mass is 245 g/mol. The first kappa shape index (κ1) is 12.6. The van der Waals surface area contributed by atoms with Crippen molar-refractivity contribution in [2.24, 2.45) is 7.05 Å². The average Bonchev–Trinajstić information content (AvgIpc) is 2.73. The van der Waals surface area contributed by atoms with E-state index in [9.17, 15) is 0 Å². The van der Waals surface area contributed by atoms with Crippen LogP contribution >= 0.6 is 0 Å². The van der Waals surface area contributed by atoms with E-state index in [1.807, 2.05) is 43.2 Å². The summed E-state index contributed by atoms with van der Waals surface area (Å²) in [5.41, 5.74) is 3.45. The second-order valence-corrected chi connectivity index (χ2v) is 4.27. The predicted molar refractivity (Wildman–Crippen MR) is 71.8 cm³/mol. The zero-order valence-corrected chi connectivity index (χ0v) is 11.3. The van der Waals surface area contributed by atoms with E-state index in [-0.39, 0.29) is 6.04 Å². The smallest absolute Gasteiger partial charge is 0.123 e. The van der Waals surface area contributed by atoms with E-state index in [2.05, 4.69) is 23.4 Å². The third-order valence-corrected chi connectivity index (χ3v) is 3.32. The van der Waals surface area contributed by atoms with Crippen molar-refractivity contribution in [1.82, 2.24) is 15.1 Å². The van der Waals surface area contributed by atoms with Gasteiger partial charge in [0.15, 0.2) is 0 Å². The molecule has 0 amide bonds. The number of para-hydroxylation sites is 1. The van der Waals surface area contributed by atoms with Crippen molar-refractivity contribution in [2.45, 2.75) is 13.0 Å². The molecule has 0 spiro atoms. The van der Waals surface area contributed by atoms with Crippen LogP contribution in [-0.2, 0) is 7.05 Å². The van der Waals surface area contributed by atoms with Crippen LogP contribution in [0.2, 0.25) is 0 Å². The Morgan fingerprint density at radius 1 is 1.28 bits per heavy atom. The Bertz CT molecular complexity index is 534. The van der Waals surface area contributed by atoms with Gasteiger partial charge in [-0.3, -0.25) is 4.68 Å². The van der Waals surface area contributed by atoms with Crippen LogP contribution in [0.1, 0.15) is 22.9 Å². The maximum Gasteiger partial charge on any atom is 0.123 e. The summed E-state index contributed by atoms with van der Waals surface area (Å²) < 4.78 is 7.31. The van der Waals surface area contributed by atoms with Gasteiger partial charge >= 0.3 is 0 Å². The first-order valence-corrected chi connectivity index (χ1v) is 5.97. The Hall–Kier alpha value is -1.81. The average molecular weight is 245 g/mol. The van der Waals surface area contributed by atoms with Gasteiger partial charge < -0.3 is 10.1 Å². The lowest BCUT2D eigenvalue weighted by Crippen LogP contribution is -2.19. The molecule has 1 N–H and O–H groups in total. The molecule has 0 bridgehead atoms. The van der Waals surface area contributed by atoms with Crippen LogP contribution in [0.15, 0.2) is 30.5 Å². The van der Waals surface area contributed by atoms with Crippen molar-refractivity contribution < 1.29 is 4.74 Å². The molecule has 0 radical (unpaired) electrons. The van der Waals surface area contributed by atoms with E-state index >= 15 is 0 Å². The highest BCUT2D eigenvalue weighted by molar-refractivity contribution is 5.42. The highest BCUT2D eigenvalue weighted by Gasteiger charge is 2.19. The lowest BCUT2D eigenvalue weighted by Gasteiger charge is -2.19. The molecule has 0 fully saturated rings. The molecule has 2 rings (SSSR count). The Morgan fingerprint density at radius 2 is 2.00 bits per heavy atom. The fourth-order valence-corrected chi connectivity index (χ4v) is 2.18. The number of methoxy groups -OCH3 is 1. The Balaban J connectivity index is 2.48. The number of rotatable bonds is 4. The molecule has 18 heavy (non-hydrogen) atoms. The van der Waals surface area contributed by atoms with Crippen LogP contribution in [0.25, 0.3) is 0 Å². The number of hydrogen-bond acceptors (Lipinski definition) is 3. The van der Waals surface area contributed by atoms with Crippen LogP contribution in [0, 0.1) is 6.92 Å². The molecular weight excluding hydrogens is 226 g/mol. The predicted octanol–water partition coefficient (Wildman–Crippen LogP) is 2.05. The maximum atomic E-state index is 5.43. The van der Waals surface area contributed by atoms with E-state index in [1.165, 1.54) is 5.56 Å². The minimum Gasteiger partial charge on any atom is -0.496 e. The van der Waals surface area contributed by atoms with Crippen LogP contribution < -0.4 is 10.1 Å². The molecule has 1 unspecified atom stereocenters. The van der Waals surface area contributed by atoms with E-state index in [0.717, 1.165) is 17.0 Å². The fourth-order valence-electron chi connectivity index (χ4n) is 2.18. The standard InChI is InChI=1S/C14H19N3O/c1-10-12(9-16-17(10)3)14(15-2)11-7-5-6-8-13(11)18-4/h5-9,14-15H,1-4H3. The molecule has 96 valence electrons. The molecule has 1 aromatic carbocycles. The number of ether oxygens (including phenoxy) is 1. The largest absolute Gasteiger partial charge is 0.496 e. The lowest BCUT2D eigenvalue weighted by atomic mass is 9.98. The molecule has 0 aliphatic rings. The topological polar surface area (TPSA) is 39.1 Å². The molecule has 0 saturated heterocycles. The van der Waals surface area contributed by atoms with E-state index < -0.39 is 0 Å². The van der Waals surface area contributed by atoms with Crippen molar-refractivity contribution in [2.75, 3.05) is 14.2 Å². The number of aromatic nitrogens is 2. The van der Waals surface area contributed by atoms with Crippen molar-refractivity contribution in [1.29, 1.82) is 0 Å². The third kappa shape index (κ3) is 2.11. The van der Waals surface area contributed by atoms with E-state index in [1.54, 1.807) is 7.11 Å². The van der Waals surface area contributed by atoms with Crippen molar-refractivity contribution in [3.05, 3.63) is 47.3 Å². The third-order valence-electron chi connectivity index (χ3n) is 3.32. The van der Waals surface area contributed by atoms with Crippen LogP contribution in [-0.4, -0.2) is 23.9 Å². The minimum atomic E-state index is 0.0925. The zero-order chi connectivity index (χ0) is 13.1. The molecule has 0 saturated carbocycles. The molecule has 0 aliphatic heterocycles. The molecule has 2 aromatic rings. The van der Waals surface area contributed by atoms with Crippen LogP contribution in [0.3, 0.4) is 0 Å². The van der Waals surface area contributed by atoms with Gasteiger partial charge in [0.2, 0.25) is 0 Å². The first-order valence-electron chi connectivity index (χ1n) is 5.97. The molecular formula is C14H19N3O. The van der Waals surface area contributed by atoms with Gasteiger partial charge in [-0.25, -0.2) is 0 Å². The van der Waals surface area contributed by atoms with Gasteiger partial charge in [-0.15, -0.1) is 0 Å². The normalized spacial score (nSPS) is 12.4. The minimum absolute atomic E-state index is 0.0925. The summed E-state index contributed by atoms with van der Waals surface area (Å²) in [7, 11) is 5.60. The SMILES string of the molecule is CNC(c1ccccc1OC)c1cnn(C)c1C. The van der Waals surface area contributed by atoms with Crippen molar-refractivity contribution in [3.8, 4) is 5.75 Å². The molecule has 1 aromatic heterocycles.